The average Bonchev–Trinajstić information content (AvgIpc) is 2.90. The summed E-state index contributed by atoms with van der Waals surface area (Å²) in [5, 5.41) is 12.5. The summed E-state index contributed by atoms with van der Waals surface area (Å²) in [6.45, 7) is 1.07. The largest absolute Gasteiger partial charge is 0.344 e. The highest BCUT2D eigenvalue weighted by Gasteiger charge is 2.13. The number of nitrogens with zero attached hydrogens (tertiary/aromatic N) is 5. The van der Waals surface area contributed by atoms with E-state index in [0.717, 1.165) is 16.9 Å². The van der Waals surface area contributed by atoms with Crippen molar-refractivity contribution in [2.75, 3.05) is 34.3 Å². The number of likely N-dealkylation sites (N-methyl/N-ethyl adjacent to an activating group) is 2. The Morgan fingerprint density at radius 3 is 2.89 bits per heavy atom. The Morgan fingerprint density at radius 1 is 1.58 bits per heavy atom. The quantitative estimate of drug-likeness (QED) is 0.330. The fraction of sp³-hybridized carbons (Fsp3) is 0.500. The average molecular weight is 285 g/mol. The molecule has 1 heterocycles. The molecule has 9 heteroatoms. The second-order valence-electron chi connectivity index (χ2n) is 3.65. The van der Waals surface area contributed by atoms with Crippen LogP contribution >= 0.6 is 12.2 Å². The smallest absolute Gasteiger partial charge is 0.325 e. The monoisotopic (exact) mass is 285 g/mol. The van der Waals surface area contributed by atoms with Gasteiger partial charge in [-0.25, -0.2) is 14.0 Å². The molecule has 0 N–H and O–H groups in total. The van der Waals surface area contributed by atoms with Gasteiger partial charge >= 0.3 is 6.03 Å². The third kappa shape index (κ3) is 4.88. The molecular formula is C10H15N5O3S. The zero-order valence-corrected chi connectivity index (χ0v) is 11.8. The molecule has 1 aromatic rings. The van der Waals surface area contributed by atoms with Crippen LogP contribution in [-0.2, 0) is 9.22 Å². The summed E-state index contributed by atoms with van der Waals surface area (Å²) in [4.78, 5) is 17.9. The van der Waals surface area contributed by atoms with Gasteiger partial charge in [0.25, 0.3) is 0 Å². The lowest BCUT2D eigenvalue weighted by molar-refractivity contribution is -0.163. The molecule has 0 fully saturated rings. The van der Waals surface area contributed by atoms with Crippen LogP contribution in [0.3, 0.4) is 0 Å². The minimum absolute atomic E-state index is 0.299. The lowest BCUT2D eigenvalue weighted by Gasteiger charge is -2.19. The van der Waals surface area contributed by atoms with Crippen LogP contribution in [0.1, 0.15) is 5.56 Å². The maximum absolute atomic E-state index is 11.9. The Labute approximate surface area is 115 Å². The molecule has 104 valence electrons. The zero-order valence-electron chi connectivity index (χ0n) is 10.9. The van der Waals surface area contributed by atoms with E-state index in [1.807, 2.05) is 13.1 Å². The predicted octanol–water partition coefficient (Wildman–Crippen LogP) is 0.728. The van der Waals surface area contributed by atoms with E-state index in [1.165, 1.54) is 24.4 Å². The van der Waals surface area contributed by atoms with Crippen molar-refractivity contribution >= 4 is 18.3 Å². The van der Waals surface area contributed by atoms with Crippen molar-refractivity contribution in [1.82, 2.24) is 19.0 Å². The van der Waals surface area contributed by atoms with Gasteiger partial charge < -0.3 is 4.90 Å². The van der Waals surface area contributed by atoms with E-state index in [4.69, 9.17) is 5.26 Å². The number of aromatic nitrogens is 2. The summed E-state index contributed by atoms with van der Waals surface area (Å²) < 4.78 is 7.59. The summed E-state index contributed by atoms with van der Waals surface area (Å²) in [5.41, 5.74) is 0.350. The van der Waals surface area contributed by atoms with Crippen molar-refractivity contribution in [3.63, 3.8) is 0 Å². The summed E-state index contributed by atoms with van der Waals surface area (Å²) in [6, 6.07) is 1.62. The Morgan fingerprint density at radius 2 is 2.32 bits per heavy atom. The van der Waals surface area contributed by atoms with Gasteiger partial charge in [0, 0.05) is 20.1 Å². The van der Waals surface area contributed by atoms with Gasteiger partial charge in [0.05, 0.1) is 25.1 Å². The van der Waals surface area contributed by atoms with Crippen LogP contribution < -0.4 is 0 Å². The number of carbonyl (C=O) groups excluding carboxylic acids is 1. The molecule has 0 unspecified atom stereocenters. The highest BCUT2D eigenvalue weighted by molar-refractivity contribution is 7.92. The molecule has 0 aliphatic carbocycles. The first-order valence-electron chi connectivity index (χ1n) is 5.37. The number of nitriles is 1. The highest BCUT2D eigenvalue weighted by atomic mass is 32.2. The second-order valence-corrected chi connectivity index (χ2v) is 4.56. The normalized spacial score (nSPS) is 10.5. The number of carbonyl (C=O) groups is 1. The van der Waals surface area contributed by atoms with E-state index in [9.17, 15) is 4.79 Å². The minimum Gasteiger partial charge on any atom is -0.325 e. The van der Waals surface area contributed by atoms with Crippen molar-refractivity contribution in [2.24, 2.45) is 0 Å². The first-order valence-corrected chi connectivity index (χ1v) is 6.07. The first-order chi connectivity index (χ1) is 9.08. The number of amides is 1. The molecule has 0 bridgehead atoms. The van der Waals surface area contributed by atoms with E-state index in [-0.39, 0.29) is 6.03 Å². The zero-order chi connectivity index (χ0) is 14.3. The summed E-state index contributed by atoms with van der Waals surface area (Å²) in [5.74, 6) is 0. The molecule has 19 heavy (non-hydrogen) atoms. The third-order valence-electron chi connectivity index (χ3n) is 2.21. The molecule has 0 saturated carbocycles. The molecule has 8 nitrogen and oxygen atoms in total. The SMILES string of the molecule is COOSN(C)CCN(C)C(=O)n1cc(C#N)cn1. The highest BCUT2D eigenvalue weighted by Crippen LogP contribution is 2.07. The van der Waals surface area contributed by atoms with Crippen LogP contribution in [0, 0.1) is 11.3 Å². The van der Waals surface area contributed by atoms with Gasteiger partial charge in [-0.3, -0.25) is 0 Å². The van der Waals surface area contributed by atoms with Gasteiger partial charge in [-0.15, -0.1) is 4.33 Å². The van der Waals surface area contributed by atoms with Crippen LogP contribution in [0.5, 0.6) is 0 Å². The standard InChI is InChI=1S/C10H15N5O3S/c1-13(4-5-14(2)19-18-17-3)10(16)15-8-9(6-11)7-12-15/h7-8H,4-5H2,1-3H3. The van der Waals surface area contributed by atoms with Gasteiger partial charge in [-0.05, 0) is 7.05 Å². The van der Waals surface area contributed by atoms with Crippen LogP contribution in [0.2, 0.25) is 0 Å². The van der Waals surface area contributed by atoms with Gasteiger partial charge in [0.1, 0.15) is 18.3 Å². The van der Waals surface area contributed by atoms with Crippen LogP contribution in [0.25, 0.3) is 0 Å². The van der Waals surface area contributed by atoms with Crippen molar-refractivity contribution in [2.45, 2.75) is 0 Å². The molecule has 1 rings (SSSR count). The number of hydrogen-bond acceptors (Lipinski definition) is 7. The summed E-state index contributed by atoms with van der Waals surface area (Å²) in [6.07, 6.45) is 2.74. The summed E-state index contributed by atoms with van der Waals surface area (Å²) >= 11 is 1.04. The fourth-order valence-corrected chi connectivity index (χ4v) is 1.49. The second kappa shape index (κ2) is 7.75. The maximum atomic E-state index is 11.9. The molecule has 0 atom stereocenters. The topological polar surface area (TPSA) is 83.6 Å². The molecule has 0 radical (unpaired) electrons. The third-order valence-corrected chi connectivity index (χ3v) is 2.84. The van der Waals surface area contributed by atoms with Crippen LogP contribution in [0.4, 0.5) is 4.79 Å². The minimum atomic E-state index is -0.299. The fourth-order valence-electron chi connectivity index (χ4n) is 1.17. The van der Waals surface area contributed by atoms with E-state index < -0.39 is 0 Å². The molecule has 0 aliphatic rings. The predicted molar refractivity (Wildman–Crippen MR) is 68.7 cm³/mol. The Bertz CT molecular complexity index is 458. The van der Waals surface area contributed by atoms with Gasteiger partial charge in [0.15, 0.2) is 0 Å². The van der Waals surface area contributed by atoms with Gasteiger partial charge in [-0.2, -0.15) is 15.0 Å². The van der Waals surface area contributed by atoms with Crippen molar-refractivity contribution < 1.29 is 14.0 Å². The van der Waals surface area contributed by atoms with Crippen molar-refractivity contribution in [3.05, 3.63) is 18.0 Å². The Kier molecular flexibility index (Phi) is 6.31. The lowest BCUT2D eigenvalue weighted by atomic mass is 10.4. The van der Waals surface area contributed by atoms with Gasteiger partial charge in [-0.1, -0.05) is 0 Å². The molecule has 0 aromatic carbocycles. The molecule has 1 aromatic heterocycles. The van der Waals surface area contributed by atoms with Crippen LogP contribution in [-0.4, -0.2) is 59.3 Å². The van der Waals surface area contributed by atoms with E-state index in [2.05, 4.69) is 14.3 Å². The maximum Gasteiger partial charge on any atom is 0.344 e. The molecule has 0 saturated heterocycles. The van der Waals surface area contributed by atoms with E-state index in [0.29, 0.717) is 18.7 Å². The first kappa shape index (κ1) is 15.5. The van der Waals surface area contributed by atoms with Crippen molar-refractivity contribution in [1.29, 1.82) is 5.26 Å². The van der Waals surface area contributed by atoms with Gasteiger partial charge in [0.2, 0.25) is 0 Å². The number of hydrogen-bond donors (Lipinski definition) is 0. The summed E-state index contributed by atoms with van der Waals surface area (Å²) in [7, 11) is 4.89. The van der Waals surface area contributed by atoms with Crippen LogP contribution in [0.15, 0.2) is 12.4 Å². The molecular weight excluding hydrogens is 270 g/mol. The molecule has 1 amide bonds. The van der Waals surface area contributed by atoms with Crippen molar-refractivity contribution in [3.8, 4) is 6.07 Å². The van der Waals surface area contributed by atoms with E-state index >= 15 is 0 Å². The van der Waals surface area contributed by atoms with E-state index in [1.54, 1.807) is 11.4 Å². The Hall–Kier alpha value is -1.60. The lowest BCUT2D eigenvalue weighted by Crippen LogP contribution is -2.36. The Balaban J connectivity index is 2.42. The molecule has 0 aliphatic heterocycles. The molecule has 0 spiro atoms. The number of rotatable bonds is 6.